The van der Waals surface area contributed by atoms with E-state index in [1.807, 2.05) is 0 Å². The number of ether oxygens (including phenoxy) is 1. The lowest BCUT2D eigenvalue weighted by Crippen LogP contribution is -2.48. The molecule has 0 unspecified atom stereocenters. The van der Waals surface area contributed by atoms with E-state index in [9.17, 15) is 4.39 Å². The van der Waals surface area contributed by atoms with Crippen LogP contribution < -0.4 is 5.32 Å². The normalized spacial score (nSPS) is 26.4. The molecule has 2 aromatic heterocycles. The summed E-state index contributed by atoms with van der Waals surface area (Å²) >= 11 is 0. The highest BCUT2D eigenvalue weighted by Gasteiger charge is 2.44. The molecule has 19 heavy (non-hydrogen) atoms. The van der Waals surface area contributed by atoms with Crippen molar-refractivity contribution in [2.75, 3.05) is 25.6 Å². The summed E-state index contributed by atoms with van der Waals surface area (Å²) in [5, 5.41) is 12.0. The number of aliphatic hydroxyl groups is 1. The van der Waals surface area contributed by atoms with Gasteiger partial charge in [0.25, 0.3) is 0 Å². The summed E-state index contributed by atoms with van der Waals surface area (Å²) in [7, 11) is 1.74. The zero-order chi connectivity index (χ0) is 13.4. The van der Waals surface area contributed by atoms with Crippen molar-refractivity contribution in [3.63, 3.8) is 0 Å². The van der Waals surface area contributed by atoms with Gasteiger partial charge in [-0.2, -0.15) is 0 Å². The topological polar surface area (TPSA) is 85.1 Å². The van der Waals surface area contributed by atoms with Gasteiger partial charge in [0.05, 0.1) is 31.6 Å². The summed E-state index contributed by atoms with van der Waals surface area (Å²) < 4.78 is 20.1. The molecule has 1 saturated heterocycles. The molecule has 0 aliphatic carbocycles. The van der Waals surface area contributed by atoms with Crippen molar-refractivity contribution >= 4 is 17.0 Å². The fourth-order valence-corrected chi connectivity index (χ4v) is 2.32. The van der Waals surface area contributed by atoms with Gasteiger partial charge in [0.15, 0.2) is 11.5 Å². The minimum Gasteiger partial charge on any atom is -0.394 e. The fourth-order valence-electron chi connectivity index (χ4n) is 2.32. The van der Waals surface area contributed by atoms with Crippen molar-refractivity contribution in [3.05, 3.63) is 12.7 Å². The van der Waals surface area contributed by atoms with Crippen molar-refractivity contribution < 1.29 is 14.2 Å². The second-order valence-corrected chi connectivity index (χ2v) is 4.36. The first-order valence-corrected chi connectivity index (χ1v) is 5.97. The maximum absolute atomic E-state index is 13.0. The molecular formula is C11H14FN5O2. The predicted octanol–water partition coefficient (Wildman–Crippen LogP) is 0.343. The molecule has 1 fully saturated rings. The third-order valence-corrected chi connectivity index (χ3v) is 3.39. The van der Waals surface area contributed by atoms with E-state index in [-0.39, 0.29) is 12.5 Å². The molecule has 2 N–H and O–H groups in total. The largest absolute Gasteiger partial charge is 0.394 e. The SMILES string of the molecule is CNc1ncnc2c1ncn2[C@@H]1O[C@H](CO)[C@H]1CF. The average Bonchev–Trinajstić information content (AvgIpc) is 2.82. The molecule has 0 aromatic carbocycles. The van der Waals surface area contributed by atoms with Gasteiger partial charge in [0.2, 0.25) is 0 Å². The zero-order valence-corrected chi connectivity index (χ0v) is 10.3. The summed E-state index contributed by atoms with van der Waals surface area (Å²) in [5.74, 6) is 0.231. The van der Waals surface area contributed by atoms with Crippen LogP contribution in [0.4, 0.5) is 10.2 Å². The highest BCUT2D eigenvalue weighted by atomic mass is 19.1. The lowest BCUT2D eigenvalue weighted by Gasteiger charge is -2.42. The van der Waals surface area contributed by atoms with Gasteiger partial charge in [-0.3, -0.25) is 8.96 Å². The minimum absolute atomic E-state index is 0.186. The van der Waals surface area contributed by atoms with E-state index in [4.69, 9.17) is 9.84 Å². The van der Waals surface area contributed by atoms with Gasteiger partial charge in [-0.1, -0.05) is 0 Å². The molecule has 3 heterocycles. The summed E-state index contributed by atoms with van der Waals surface area (Å²) in [5.41, 5.74) is 1.19. The fraction of sp³-hybridized carbons (Fsp3) is 0.545. The molecular weight excluding hydrogens is 253 g/mol. The van der Waals surface area contributed by atoms with Crippen LogP contribution in [-0.2, 0) is 4.74 Å². The summed E-state index contributed by atoms with van der Waals surface area (Å²) in [6, 6.07) is 0. The van der Waals surface area contributed by atoms with Crippen LogP contribution in [-0.4, -0.2) is 51.1 Å². The zero-order valence-electron chi connectivity index (χ0n) is 10.3. The number of halogens is 1. The number of nitrogens with zero attached hydrogens (tertiary/aromatic N) is 4. The van der Waals surface area contributed by atoms with Crippen LogP contribution in [0.5, 0.6) is 0 Å². The maximum Gasteiger partial charge on any atom is 0.167 e. The van der Waals surface area contributed by atoms with Crippen molar-refractivity contribution in [1.29, 1.82) is 0 Å². The Bertz CT molecular complexity index is 589. The van der Waals surface area contributed by atoms with Gasteiger partial charge in [-0.15, -0.1) is 0 Å². The molecule has 0 saturated carbocycles. The van der Waals surface area contributed by atoms with E-state index in [0.29, 0.717) is 17.0 Å². The minimum atomic E-state index is -0.556. The Morgan fingerprint density at radius 1 is 1.47 bits per heavy atom. The number of nitrogens with one attached hydrogen (secondary N) is 1. The first-order chi connectivity index (χ1) is 9.30. The highest BCUT2D eigenvalue weighted by Crippen LogP contribution is 2.38. The van der Waals surface area contributed by atoms with Gasteiger partial charge in [-0.05, 0) is 0 Å². The van der Waals surface area contributed by atoms with Crippen LogP contribution in [0.2, 0.25) is 0 Å². The predicted molar refractivity (Wildman–Crippen MR) is 65.3 cm³/mol. The van der Waals surface area contributed by atoms with Gasteiger partial charge < -0.3 is 15.2 Å². The van der Waals surface area contributed by atoms with Crippen LogP contribution in [0.1, 0.15) is 6.23 Å². The molecule has 102 valence electrons. The Morgan fingerprint density at radius 3 is 3.00 bits per heavy atom. The van der Waals surface area contributed by atoms with Crippen LogP contribution in [0.15, 0.2) is 12.7 Å². The number of alkyl halides is 1. The molecule has 0 amide bonds. The van der Waals surface area contributed by atoms with Gasteiger partial charge in [-0.25, -0.2) is 15.0 Å². The third-order valence-electron chi connectivity index (χ3n) is 3.39. The highest BCUT2D eigenvalue weighted by molar-refractivity contribution is 5.82. The van der Waals surface area contributed by atoms with Crippen LogP contribution in [0, 0.1) is 5.92 Å². The number of fused-ring (bicyclic) bond motifs is 1. The summed E-state index contributed by atoms with van der Waals surface area (Å²) in [6.45, 7) is -0.742. The van der Waals surface area contributed by atoms with Crippen molar-refractivity contribution in [3.8, 4) is 0 Å². The number of hydrogen-bond donors (Lipinski definition) is 2. The molecule has 0 bridgehead atoms. The Morgan fingerprint density at radius 2 is 2.32 bits per heavy atom. The Balaban J connectivity index is 1.98. The average molecular weight is 267 g/mol. The first-order valence-electron chi connectivity index (χ1n) is 5.97. The van der Waals surface area contributed by atoms with E-state index in [1.54, 1.807) is 17.9 Å². The van der Waals surface area contributed by atoms with Gasteiger partial charge in [0.1, 0.15) is 18.1 Å². The molecule has 1 aliphatic rings. The molecule has 0 radical (unpaired) electrons. The number of anilines is 1. The Kier molecular flexibility index (Phi) is 3.03. The number of imidazole rings is 1. The number of aliphatic hydroxyl groups excluding tert-OH is 1. The second-order valence-electron chi connectivity index (χ2n) is 4.36. The molecule has 3 rings (SSSR count). The van der Waals surface area contributed by atoms with E-state index < -0.39 is 19.0 Å². The van der Waals surface area contributed by atoms with Crippen molar-refractivity contribution in [2.24, 2.45) is 5.92 Å². The number of rotatable bonds is 4. The van der Waals surface area contributed by atoms with Crippen molar-refractivity contribution in [1.82, 2.24) is 19.5 Å². The van der Waals surface area contributed by atoms with E-state index >= 15 is 0 Å². The monoisotopic (exact) mass is 267 g/mol. The van der Waals surface area contributed by atoms with E-state index in [2.05, 4.69) is 20.3 Å². The summed E-state index contributed by atoms with van der Waals surface area (Å²) in [4.78, 5) is 12.4. The maximum atomic E-state index is 13.0. The first kappa shape index (κ1) is 12.2. The standard InChI is InChI=1S/C11H14FN5O2/c1-13-9-8-10(15-4-14-9)17(5-16-8)11-6(2-12)7(3-18)19-11/h4-7,11,18H,2-3H2,1H3,(H,13,14,15)/t6-,7-,11-/m1/s1. The Hall–Kier alpha value is -1.80. The van der Waals surface area contributed by atoms with Gasteiger partial charge >= 0.3 is 0 Å². The van der Waals surface area contributed by atoms with E-state index in [0.717, 1.165) is 0 Å². The molecule has 1 aliphatic heterocycles. The molecule has 8 heteroatoms. The number of aromatic nitrogens is 4. The quantitative estimate of drug-likeness (QED) is 0.831. The molecule has 3 atom stereocenters. The third kappa shape index (κ3) is 1.75. The van der Waals surface area contributed by atoms with E-state index in [1.165, 1.54) is 6.33 Å². The van der Waals surface area contributed by atoms with Crippen LogP contribution in [0.3, 0.4) is 0 Å². The Labute approximate surface area is 108 Å². The molecule has 2 aromatic rings. The molecule has 7 nitrogen and oxygen atoms in total. The van der Waals surface area contributed by atoms with Crippen LogP contribution in [0.25, 0.3) is 11.2 Å². The second kappa shape index (κ2) is 4.71. The summed E-state index contributed by atoms with van der Waals surface area (Å²) in [6.07, 6.45) is 2.03. The van der Waals surface area contributed by atoms with Gasteiger partial charge in [0, 0.05) is 7.05 Å². The lowest BCUT2D eigenvalue weighted by molar-refractivity contribution is -0.237. The van der Waals surface area contributed by atoms with Crippen LogP contribution >= 0.6 is 0 Å². The number of hydrogen-bond acceptors (Lipinski definition) is 6. The lowest BCUT2D eigenvalue weighted by atomic mass is 9.96. The van der Waals surface area contributed by atoms with Crippen molar-refractivity contribution in [2.45, 2.75) is 12.3 Å². The molecule has 0 spiro atoms. The smallest absolute Gasteiger partial charge is 0.167 e.